The second-order valence-corrected chi connectivity index (χ2v) is 6.38. The number of para-hydroxylation sites is 2. The zero-order chi connectivity index (χ0) is 18.8. The fraction of sp³-hybridized carbons (Fsp3) is 0.200. The van der Waals surface area contributed by atoms with Crippen molar-refractivity contribution in [3.05, 3.63) is 59.9 Å². The average molecular weight is 362 g/mol. The number of benzene rings is 2. The van der Waals surface area contributed by atoms with E-state index in [1.807, 2.05) is 24.3 Å². The summed E-state index contributed by atoms with van der Waals surface area (Å²) in [6.45, 7) is 0.448. The van der Waals surface area contributed by atoms with E-state index >= 15 is 0 Å². The normalized spacial score (nSPS) is 14.1. The molecule has 0 spiro atoms. The Morgan fingerprint density at radius 1 is 1.04 bits per heavy atom. The molecule has 1 aliphatic heterocycles. The number of hydrogen-bond acceptors (Lipinski definition) is 4. The first-order valence-electron chi connectivity index (χ1n) is 8.79. The van der Waals surface area contributed by atoms with E-state index in [4.69, 9.17) is 0 Å². The molecule has 0 unspecified atom stereocenters. The maximum Gasteiger partial charge on any atom is 0.251 e. The molecule has 1 saturated heterocycles. The fourth-order valence-electron chi connectivity index (χ4n) is 3.15. The lowest BCUT2D eigenvalue weighted by molar-refractivity contribution is -0.121. The van der Waals surface area contributed by atoms with E-state index < -0.39 is 0 Å². The molecule has 1 aromatic heterocycles. The maximum absolute atomic E-state index is 12.3. The molecule has 3 amide bonds. The summed E-state index contributed by atoms with van der Waals surface area (Å²) in [4.78, 5) is 44.7. The van der Waals surface area contributed by atoms with Crippen LogP contribution in [0.5, 0.6) is 0 Å². The molecule has 136 valence electrons. The van der Waals surface area contributed by atoms with Crippen molar-refractivity contribution in [2.24, 2.45) is 0 Å². The van der Waals surface area contributed by atoms with Gasteiger partial charge in [-0.2, -0.15) is 0 Å². The van der Waals surface area contributed by atoms with Gasteiger partial charge in [0.1, 0.15) is 5.82 Å². The first-order valence-corrected chi connectivity index (χ1v) is 8.79. The monoisotopic (exact) mass is 362 g/mol. The molecule has 2 N–H and O–H groups in total. The number of carbonyl (C=O) groups excluding carboxylic acids is 3. The van der Waals surface area contributed by atoms with Gasteiger partial charge < -0.3 is 10.3 Å². The highest BCUT2D eigenvalue weighted by atomic mass is 16.2. The number of fused-ring (bicyclic) bond motifs is 1. The number of nitrogens with one attached hydrogen (secondary N) is 2. The summed E-state index contributed by atoms with van der Waals surface area (Å²) in [6, 6.07) is 14.2. The number of aromatic nitrogens is 2. The van der Waals surface area contributed by atoms with E-state index in [0.717, 1.165) is 16.9 Å². The van der Waals surface area contributed by atoms with Gasteiger partial charge in [-0.15, -0.1) is 0 Å². The van der Waals surface area contributed by atoms with Crippen LogP contribution in [0.4, 0.5) is 5.69 Å². The predicted molar refractivity (Wildman–Crippen MR) is 100 cm³/mol. The van der Waals surface area contributed by atoms with Crippen molar-refractivity contribution in [2.75, 3.05) is 11.4 Å². The number of aromatic amines is 1. The molecule has 3 aromatic rings. The van der Waals surface area contributed by atoms with Gasteiger partial charge in [0.2, 0.25) is 11.8 Å². The van der Waals surface area contributed by atoms with Crippen molar-refractivity contribution in [2.45, 2.75) is 19.3 Å². The molecule has 0 saturated carbocycles. The van der Waals surface area contributed by atoms with Gasteiger partial charge in [-0.1, -0.05) is 12.1 Å². The van der Waals surface area contributed by atoms with E-state index in [2.05, 4.69) is 15.3 Å². The third kappa shape index (κ3) is 3.44. The first-order chi connectivity index (χ1) is 13.1. The molecule has 0 aliphatic carbocycles. The van der Waals surface area contributed by atoms with Gasteiger partial charge in [-0.05, 0) is 36.4 Å². The molecule has 2 heterocycles. The molecule has 7 heteroatoms. The van der Waals surface area contributed by atoms with Crippen molar-refractivity contribution in [3.63, 3.8) is 0 Å². The zero-order valence-electron chi connectivity index (χ0n) is 14.6. The van der Waals surface area contributed by atoms with Gasteiger partial charge >= 0.3 is 0 Å². The molecular weight excluding hydrogens is 344 g/mol. The smallest absolute Gasteiger partial charge is 0.251 e. The van der Waals surface area contributed by atoms with Crippen LogP contribution in [0.15, 0.2) is 48.5 Å². The minimum absolute atomic E-state index is 0.206. The summed E-state index contributed by atoms with van der Waals surface area (Å²) < 4.78 is 0. The number of amides is 3. The van der Waals surface area contributed by atoms with Crippen LogP contribution in [-0.4, -0.2) is 34.2 Å². The molecule has 0 radical (unpaired) electrons. The molecule has 7 nitrogen and oxygen atoms in total. The van der Waals surface area contributed by atoms with Gasteiger partial charge in [-0.25, -0.2) is 4.98 Å². The number of rotatable bonds is 5. The highest BCUT2D eigenvalue weighted by molar-refractivity contribution is 6.19. The van der Waals surface area contributed by atoms with Crippen LogP contribution in [-0.2, 0) is 16.0 Å². The zero-order valence-corrected chi connectivity index (χ0v) is 14.6. The number of imide groups is 1. The number of imidazole rings is 1. The van der Waals surface area contributed by atoms with Gasteiger partial charge in [0.25, 0.3) is 5.91 Å². The second-order valence-electron chi connectivity index (χ2n) is 6.38. The molecule has 4 rings (SSSR count). The number of anilines is 1. The SMILES string of the molecule is O=C(NCCc1nc2ccccc2[nH]1)c1ccc(N2C(=O)CCC2=O)cc1. The largest absolute Gasteiger partial charge is 0.352 e. The highest BCUT2D eigenvalue weighted by Crippen LogP contribution is 2.22. The van der Waals surface area contributed by atoms with Crippen molar-refractivity contribution in [1.29, 1.82) is 0 Å². The Kier molecular flexibility index (Phi) is 4.42. The molecule has 0 atom stereocenters. The minimum Gasteiger partial charge on any atom is -0.352 e. The van der Waals surface area contributed by atoms with E-state index in [1.54, 1.807) is 24.3 Å². The lowest BCUT2D eigenvalue weighted by atomic mass is 10.2. The Morgan fingerprint density at radius 3 is 2.44 bits per heavy atom. The van der Waals surface area contributed by atoms with Crippen molar-refractivity contribution in [1.82, 2.24) is 15.3 Å². The van der Waals surface area contributed by atoms with Crippen LogP contribution in [0.25, 0.3) is 11.0 Å². The summed E-state index contributed by atoms with van der Waals surface area (Å²) in [6.07, 6.45) is 1.07. The average Bonchev–Trinajstić information content (AvgIpc) is 3.24. The molecule has 0 bridgehead atoms. The Bertz CT molecular complexity index is 974. The Hall–Kier alpha value is -3.48. The van der Waals surface area contributed by atoms with Crippen LogP contribution in [0.3, 0.4) is 0 Å². The van der Waals surface area contributed by atoms with Gasteiger partial charge in [-0.3, -0.25) is 19.3 Å². The summed E-state index contributed by atoms with van der Waals surface area (Å²) in [5.74, 6) is 0.195. The van der Waals surface area contributed by atoms with Crippen molar-refractivity contribution < 1.29 is 14.4 Å². The standard InChI is InChI=1S/C20H18N4O3/c25-18-9-10-19(26)24(18)14-7-5-13(6-8-14)20(27)21-12-11-17-22-15-3-1-2-4-16(15)23-17/h1-8H,9-12H2,(H,21,27)(H,22,23). The van der Waals surface area contributed by atoms with Crippen LogP contribution >= 0.6 is 0 Å². The molecule has 2 aromatic carbocycles. The van der Waals surface area contributed by atoms with Crippen LogP contribution < -0.4 is 10.2 Å². The van der Waals surface area contributed by atoms with Crippen LogP contribution in [0, 0.1) is 0 Å². The van der Waals surface area contributed by atoms with Crippen molar-refractivity contribution >= 4 is 34.4 Å². The third-order valence-electron chi connectivity index (χ3n) is 4.53. The third-order valence-corrected chi connectivity index (χ3v) is 4.53. The quantitative estimate of drug-likeness (QED) is 0.680. The van der Waals surface area contributed by atoms with Crippen LogP contribution in [0.1, 0.15) is 29.0 Å². The summed E-state index contributed by atoms with van der Waals surface area (Å²) >= 11 is 0. The van der Waals surface area contributed by atoms with E-state index in [1.165, 1.54) is 4.90 Å². The van der Waals surface area contributed by atoms with E-state index in [0.29, 0.717) is 24.2 Å². The maximum atomic E-state index is 12.3. The number of carbonyl (C=O) groups is 3. The lowest BCUT2D eigenvalue weighted by Crippen LogP contribution is -2.29. The van der Waals surface area contributed by atoms with Gasteiger partial charge in [0.15, 0.2) is 0 Å². The second kappa shape index (κ2) is 7.03. The van der Waals surface area contributed by atoms with Crippen molar-refractivity contribution in [3.8, 4) is 0 Å². The number of hydrogen-bond donors (Lipinski definition) is 2. The Balaban J connectivity index is 1.35. The van der Waals surface area contributed by atoms with Gasteiger partial charge in [0, 0.05) is 31.4 Å². The lowest BCUT2D eigenvalue weighted by Gasteiger charge is -2.14. The molecule has 1 aliphatic rings. The Labute approximate surface area is 155 Å². The fourth-order valence-corrected chi connectivity index (χ4v) is 3.15. The molecule has 27 heavy (non-hydrogen) atoms. The van der Waals surface area contributed by atoms with Gasteiger partial charge in [0.05, 0.1) is 16.7 Å². The minimum atomic E-state index is -0.211. The number of nitrogens with zero attached hydrogens (tertiary/aromatic N) is 2. The predicted octanol–water partition coefficient (Wildman–Crippen LogP) is 2.19. The molecular formula is C20H18N4O3. The number of H-pyrrole nitrogens is 1. The highest BCUT2D eigenvalue weighted by Gasteiger charge is 2.30. The summed E-state index contributed by atoms with van der Waals surface area (Å²) in [5, 5.41) is 2.85. The topological polar surface area (TPSA) is 95.2 Å². The van der Waals surface area contributed by atoms with Crippen LogP contribution in [0.2, 0.25) is 0 Å². The first kappa shape index (κ1) is 17.0. The Morgan fingerprint density at radius 2 is 1.74 bits per heavy atom. The van der Waals surface area contributed by atoms with E-state index in [-0.39, 0.29) is 30.6 Å². The summed E-state index contributed by atoms with van der Waals surface area (Å²) in [5.41, 5.74) is 2.85. The molecule has 1 fully saturated rings. The van der Waals surface area contributed by atoms with E-state index in [9.17, 15) is 14.4 Å². The summed E-state index contributed by atoms with van der Waals surface area (Å²) in [7, 11) is 0.